The van der Waals surface area contributed by atoms with Gasteiger partial charge in [0.1, 0.15) is 5.75 Å². The molecule has 0 saturated heterocycles. The van der Waals surface area contributed by atoms with Crippen molar-refractivity contribution >= 4 is 35.1 Å². The third-order valence-corrected chi connectivity index (χ3v) is 4.83. The van der Waals surface area contributed by atoms with E-state index >= 15 is 0 Å². The number of ether oxygens (including phenoxy) is 1. The number of methoxy groups -OCH3 is 1. The highest BCUT2D eigenvalue weighted by Crippen LogP contribution is 2.25. The summed E-state index contributed by atoms with van der Waals surface area (Å²) in [7, 11) is 1.55. The normalized spacial score (nSPS) is 10.3. The van der Waals surface area contributed by atoms with Gasteiger partial charge in [-0.25, -0.2) is 0 Å². The van der Waals surface area contributed by atoms with Crippen LogP contribution in [-0.2, 0) is 25.6 Å². The first-order chi connectivity index (χ1) is 16.3. The first-order valence-corrected chi connectivity index (χ1v) is 10.3. The van der Waals surface area contributed by atoms with Gasteiger partial charge in [0.2, 0.25) is 5.91 Å². The molecule has 0 spiro atoms. The Balaban J connectivity index is 1.79. The van der Waals surface area contributed by atoms with Gasteiger partial charge in [-0.15, -0.1) is 0 Å². The van der Waals surface area contributed by atoms with E-state index in [9.17, 15) is 19.2 Å². The van der Waals surface area contributed by atoms with Gasteiger partial charge in [0.15, 0.2) is 0 Å². The van der Waals surface area contributed by atoms with E-state index in [1.807, 2.05) is 0 Å². The van der Waals surface area contributed by atoms with Crippen molar-refractivity contribution in [2.75, 3.05) is 23.2 Å². The molecule has 3 rings (SSSR count). The standard InChI is InChI=1S/C24H24N4O6/c1-15(29)25-17-5-7-18(8-6-17)26-23(32)24(33)27-28-19(10-14-22(30)31)9-13-21(28)16-3-11-20(34-2)12-4-16/h3-9,11-13H,10,14H2,1-2H3,(H,25,29)(H,26,32)(H,27,33)(H,30,31). The van der Waals surface area contributed by atoms with Crippen LogP contribution in [0.2, 0.25) is 0 Å². The Morgan fingerprint density at radius 3 is 2.03 bits per heavy atom. The number of aliphatic carboxylic acids is 1. The molecule has 2 aromatic carbocycles. The molecule has 0 aliphatic carbocycles. The first kappa shape index (κ1) is 24.1. The quantitative estimate of drug-likeness (QED) is 0.378. The molecular weight excluding hydrogens is 440 g/mol. The zero-order valence-corrected chi connectivity index (χ0v) is 18.6. The fraction of sp³-hybridized carbons (Fsp3) is 0.167. The zero-order valence-electron chi connectivity index (χ0n) is 18.6. The van der Waals surface area contributed by atoms with Crippen molar-refractivity contribution in [2.24, 2.45) is 0 Å². The monoisotopic (exact) mass is 464 g/mol. The summed E-state index contributed by atoms with van der Waals surface area (Å²) in [6.07, 6.45) is 0.00672. The van der Waals surface area contributed by atoms with Gasteiger partial charge in [0, 0.05) is 36.0 Å². The smallest absolute Gasteiger partial charge is 0.328 e. The van der Waals surface area contributed by atoms with E-state index in [0.717, 1.165) is 5.56 Å². The molecule has 10 heteroatoms. The minimum atomic E-state index is -0.981. The number of carbonyl (C=O) groups is 4. The molecular formula is C24H24N4O6. The number of amides is 3. The molecule has 3 aromatic rings. The number of rotatable bonds is 8. The summed E-state index contributed by atoms with van der Waals surface area (Å²) in [4.78, 5) is 47.3. The second kappa shape index (κ2) is 10.8. The minimum Gasteiger partial charge on any atom is -0.497 e. The van der Waals surface area contributed by atoms with Crippen LogP contribution in [0.4, 0.5) is 11.4 Å². The van der Waals surface area contributed by atoms with Crippen LogP contribution in [-0.4, -0.2) is 40.6 Å². The van der Waals surface area contributed by atoms with Gasteiger partial charge in [0.05, 0.1) is 19.2 Å². The summed E-state index contributed by atoms with van der Waals surface area (Å²) in [5.41, 5.74) is 5.29. The highest BCUT2D eigenvalue weighted by atomic mass is 16.5. The average Bonchev–Trinajstić information content (AvgIpc) is 3.20. The topological polar surface area (TPSA) is 139 Å². The number of benzene rings is 2. The van der Waals surface area contributed by atoms with Crippen LogP contribution in [0.15, 0.2) is 60.7 Å². The van der Waals surface area contributed by atoms with Crippen LogP contribution < -0.4 is 20.8 Å². The van der Waals surface area contributed by atoms with Crippen molar-refractivity contribution in [1.82, 2.24) is 4.68 Å². The van der Waals surface area contributed by atoms with E-state index in [2.05, 4.69) is 16.1 Å². The number of nitrogens with zero attached hydrogens (tertiary/aromatic N) is 1. The molecule has 176 valence electrons. The van der Waals surface area contributed by atoms with Crippen LogP contribution >= 0.6 is 0 Å². The Morgan fingerprint density at radius 1 is 0.853 bits per heavy atom. The van der Waals surface area contributed by atoms with Gasteiger partial charge in [-0.2, -0.15) is 0 Å². The lowest BCUT2D eigenvalue weighted by Gasteiger charge is -2.15. The van der Waals surface area contributed by atoms with Crippen molar-refractivity contribution in [1.29, 1.82) is 0 Å². The molecule has 0 saturated carbocycles. The van der Waals surface area contributed by atoms with Crippen LogP contribution in [0.3, 0.4) is 0 Å². The summed E-state index contributed by atoms with van der Waals surface area (Å²) in [6, 6.07) is 16.8. The first-order valence-electron chi connectivity index (χ1n) is 10.3. The molecule has 0 aliphatic rings. The van der Waals surface area contributed by atoms with Crippen molar-refractivity contribution in [3.63, 3.8) is 0 Å². The molecule has 3 amide bonds. The number of carboxylic acid groups (broad SMARTS) is 1. The molecule has 0 unspecified atom stereocenters. The fourth-order valence-electron chi connectivity index (χ4n) is 3.21. The van der Waals surface area contributed by atoms with E-state index in [0.29, 0.717) is 28.5 Å². The molecule has 1 aromatic heterocycles. The average molecular weight is 464 g/mol. The summed E-state index contributed by atoms with van der Waals surface area (Å²) in [5.74, 6) is -2.40. The lowest BCUT2D eigenvalue weighted by Crippen LogP contribution is -2.35. The Hall–Kier alpha value is -4.60. The minimum absolute atomic E-state index is 0.144. The third-order valence-electron chi connectivity index (χ3n) is 4.83. The summed E-state index contributed by atoms with van der Waals surface area (Å²) in [5, 5.41) is 14.2. The van der Waals surface area contributed by atoms with Crippen LogP contribution in [0.5, 0.6) is 5.75 Å². The van der Waals surface area contributed by atoms with Crippen LogP contribution in [0, 0.1) is 0 Å². The summed E-state index contributed by atoms with van der Waals surface area (Å²) >= 11 is 0. The van der Waals surface area contributed by atoms with E-state index in [-0.39, 0.29) is 18.7 Å². The maximum Gasteiger partial charge on any atom is 0.328 e. The SMILES string of the molecule is COc1ccc(-c2ccc(CCC(=O)O)n2NC(=O)C(=O)Nc2ccc(NC(C)=O)cc2)cc1. The largest absolute Gasteiger partial charge is 0.497 e. The van der Waals surface area contributed by atoms with Crippen LogP contribution in [0.1, 0.15) is 19.0 Å². The number of aromatic nitrogens is 1. The number of carbonyl (C=O) groups excluding carboxylic acids is 3. The van der Waals surface area contributed by atoms with Crippen molar-refractivity contribution in [3.05, 3.63) is 66.4 Å². The molecule has 34 heavy (non-hydrogen) atoms. The molecule has 0 aliphatic heterocycles. The Bertz CT molecular complexity index is 1200. The Labute approximate surface area is 195 Å². The number of anilines is 2. The number of hydrogen-bond donors (Lipinski definition) is 4. The number of nitrogens with one attached hydrogen (secondary N) is 3. The van der Waals surface area contributed by atoms with Gasteiger partial charge in [0.25, 0.3) is 0 Å². The second-order valence-corrected chi connectivity index (χ2v) is 7.32. The molecule has 1 heterocycles. The number of aryl methyl sites for hydroxylation is 1. The maximum atomic E-state index is 12.7. The van der Waals surface area contributed by atoms with Gasteiger partial charge in [-0.3, -0.25) is 29.3 Å². The lowest BCUT2D eigenvalue weighted by atomic mass is 10.1. The highest BCUT2D eigenvalue weighted by Gasteiger charge is 2.19. The fourth-order valence-corrected chi connectivity index (χ4v) is 3.21. The third kappa shape index (κ3) is 6.22. The van der Waals surface area contributed by atoms with Gasteiger partial charge in [-0.1, -0.05) is 0 Å². The highest BCUT2D eigenvalue weighted by molar-refractivity contribution is 6.42. The maximum absolute atomic E-state index is 12.7. The molecule has 0 fully saturated rings. The second-order valence-electron chi connectivity index (χ2n) is 7.32. The van der Waals surface area contributed by atoms with Crippen molar-refractivity contribution in [3.8, 4) is 17.0 Å². The Morgan fingerprint density at radius 2 is 1.47 bits per heavy atom. The number of carboxylic acids is 1. The van der Waals surface area contributed by atoms with Gasteiger partial charge in [-0.05, 0) is 60.7 Å². The predicted molar refractivity (Wildman–Crippen MR) is 126 cm³/mol. The predicted octanol–water partition coefficient (Wildman–Crippen LogP) is 2.85. The van der Waals surface area contributed by atoms with E-state index in [1.54, 1.807) is 67.8 Å². The van der Waals surface area contributed by atoms with Crippen molar-refractivity contribution < 1.29 is 29.0 Å². The van der Waals surface area contributed by atoms with Crippen LogP contribution in [0.25, 0.3) is 11.3 Å². The summed E-state index contributed by atoms with van der Waals surface area (Å²) in [6.45, 7) is 1.38. The Kier molecular flexibility index (Phi) is 7.65. The zero-order chi connectivity index (χ0) is 24.7. The van der Waals surface area contributed by atoms with Gasteiger partial charge >= 0.3 is 17.8 Å². The molecule has 10 nitrogen and oxygen atoms in total. The van der Waals surface area contributed by atoms with E-state index < -0.39 is 17.8 Å². The summed E-state index contributed by atoms with van der Waals surface area (Å²) < 4.78 is 6.58. The molecule has 4 N–H and O–H groups in total. The van der Waals surface area contributed by atoms with Crippen molar-refractivity contribution in [2.45, 2.75) is 19.8 Å². The van der Waals surface area contributed by atoms with Gasteiger partial charge < -0.3 is 20.5 Å². The number of hydrogen-bond acceptors (Lipinski definition) is 5. The molecule has 0 bridgehead atoms. The van der Waals surface area contributed by atoms with E-state index in [1.165, 1.54) is 11.6 Å². The van der Waals surface area contributed by atoms with E-state index in [4.69, 9.17) is 9.84 Å². The lowest BCUT2D eigenvalue weighted by molar-refractivity contribution is -0.137. The molecule has 0 atom stereocenters. The molecule has 0 radical (unpaired) electrons.